The van der Waals surface area contributed by atoms with E-state index in [4.69, 9.17) is 26.6 Å². The maximum absolute atomic E-state index is 5.53. The Labute approximate surface area is 178 Å². The van der Waals surface area contributed by atoms with Gasteiger partial charge in [-0.15, -0.1) is 0 Å². The third-order valence-corrected chi connectivity index (χ3v) is 43.8. The van der Waals surface area contributed by atoms with Crippen LogP contribution in [-0.2, 0) is 26.6 Å². The van der Waals surface area contributed by atoms with E-state index in [1.54, 1.807) is 42.7 Å². The molecule has 11 heteroatoms. The van der Waals surface area contributed by atoms with Crippen LogP contribution in [0.4, 0.5) is 0 Å². The van der Waals surface area contributed by atoms with Gasteiger partial charge in [-0.1, -0.05) is 0 Å². The van der Waals surface area contributed by atoms with E-state index in [9.17, 15) is 0 Å². The first-order valence-corrected chi connectivity index (χ1v) is 26.4. The van der Waals surface area contributed by atoms with Crippen molar-refractivity contribution in [3.63, 3.8) is 0 Å². The molecule has 0 heterocycles. The second-order valence-corrected chi connectivity index (χ2v) is 40.1. The van der Waals surface area contributed by atoms with Crippen LogP contribution in [0.5, 0.6) is 0 Å². The summed E-state index contributed by atoms with van der Waals surface area (Å²) in [7, 11) is 9.79. The molecule has 0 spiro atoms. The monoisotopic (exact) mass is 568 g/mol. The molecule has 0 aliphatic heterocycles. The van der Waals surface area contributed by atoms with Gasteiger partial charge in [-0.3, -0.25) is 0 Å². The molecule has 0 unspecified atom stereocenters. The molecule has 27 heavy (non-hydrogen) atoms. The van der Waals surface area contributed by atoms with Crippen molar-refractivity contribution in [2.75, 3.05) is 54.2 Å². The first kappa shape index (κ1) is 28.7. The third-order valence-electron chi connectivity index (χ3n) is 4.93. The number of hydrogen-bond acceptors (Lipinski definition) is 8. The first-order chi connectivity index (χ1) is 12.9. The Kier molecular flexibility index (Phi) is 16.5. The van der Waals surface area contributed by atoms with Gasteiger partial charge in [0.25, 0.3) is 0 Å². The Morgan fingerprint density at radius 2 is 0.889 bits per heavy atom. The van der Waals surface area contributed by atoms with Crippen LogP contribution < -0.4 is 0 Å². The van der Waals surface area contributed by atoms with E-state index in [0.717, 1.165) is 24.9 Å². The molecule has 0 saturated carbocycles. The maximum atomic E-state index is 5.53. The van der Waals surface area contributed by atoms with Gasteiger partial charge in [0, 0.05) is 0 Å². The summed E-state index contributed by atoms with van der Waals surface area (Å²) in [6, 6.07) is 1.76. The van der Waals surface area contributed by atoms with E-state index in [2.05, 4.69) is 31.7 Å². The van der Waals surface area contributed by atoms with Crippen LogP contribution in [0.1, 0.15) is 26.7 Å². The molecule has 0 amide bonds. The van der Waals surface area contributed by atoms with Crippen LogP contribution in [-0.4, -0.2) is 87.4 Å². The van der Waals surface area contributed by atoms with Gasteiger partial charge in [0.2, 0.25) is 0 Å². The van der Waals surface area contributed by atoms with Crippen LogP contribution in [0.25, 0.3) is 0 Å². The molecule has 0 radical (unpaired) electrons. The summed E-state index contributed by atoms with van der Waals surface area (Å²) in [4.78, 5) is 0. The van der Waals surface area contributed by atoms with Gasteiger partial charge >= 0.3 is 179 Å². The van der Waals surface area contributed by atoms with Crippen LogP contribution in [0, 0.1) is 0 Å². The topological polar surface area (TPSA) is 55.4 Å². The zero-order valence-corrected chi connectivity index (χ0v) is 24.9. The van der Waals surface area contributed by atoms with Gasteiger partial charge in [0.05, 0.1) is 0 Å². The Morgan fingerprint density at radius 3 is 1.11 bits per heavy atom. The average Bonchev–Trinajstić information content (AvgIpc) is 2.73. The predicted molar refractivity (Wildman–Crippen MR) is 124 cm³/mol. The Balaban J connectivity index is 4.47. The molecule has 0 atom stereocenters. The van der Waals surface area contributed by atoms with Gasteiger partial charge < -0.3 is 0 Å². The standard InChI is InChI=1S/2C6H16O3SSi.2C2H5.Sn/c2*1-7-11(8-2,9-3)6-4-5-10;2*1-2;/h2*10H,4-6H2,1-3H3;2*1H2,2H3;/q;;;;+2/p-2. The quantitative estimate of drug-likeness (QED) is 0.178. The van der Waals surface area contributed by atoms with Crippen LogP contribution in [0.2, 0.25) is 21.0 Å². The van der Waals surface area contributed by atoms with E-state index in [1.807, 2.05) is 0 Å². The third kappa shape index (κ3) is 9.58. The molecule has 6 nitrogen and oxygen atoms in total. The van der Waals surface area contributed by atoms with E-state index in [0.29, 0.717) is 0 Å². The minimum absolute atomic E-state index is 0.882. The molecule has 0 fully saturated rings. The van der Waals surface area contributed by atoms with Crippen LogP contribution in [0.15, 0.2) is 0 Å². The van der Waals surface area contributed by atoms with Crippen molar-refractivity contribution in [3.05, 3.63) is 0 Å². The van der Waals surface area contributed by atoms with Crippen molar-refractivity contribution in [2.24, 2.45) is 0 Å². The van der Waals surface area contributed by atoms with Crippen LogP contribution >= 0.6 is 17.9 Å². The SMILES string of the molecule is C[CH2][Sn]([CH2]C)([S]CCC[Si](OC)(OC)OC)[S]CCC[Si](OC)(OC)OC. The molecule has 164 valence electrons. The molecular formula is C16H40O6S2Si2Sn. The van der Waals surface area contributed by atoms with Crippen molar-refractivity contribution in [2.45, 2.75) is 47.7 Å². The molecule has 0 aromatic heterocycles. The average molecular weight is 568 g/mol. The summed E-state index contributed by atoms with van der Waals surface area (Å²) < 4.78 is 35.9. The van der Waals surface area contributed by atoms with Crippen molar-refractivity contribution < 1.29 is 26.6 Å². The number of hydrogen-bond donors (Lipinski definition) is 0. The van der Waals surface area contributed by atoms with Gasteiger partial charge in [0.15, 0.2) is 0 Å². The van der Waals surface area contributed by atoms with E-state index in [-0.39, 0.29) is 0 Å². The predicted octanol–water partition coefficient (Wildman–Crippen LogP) is 4.47. The fraction of sp³-hybridized carbons (Fsp3) is 1.00. The van der Waals surface area contributed by atoms with E-state index >= 15 is 0 Å². The minimum atomic E-state index is -2.43. The first-order valence-electron chi connectivity index (χ1n) is 9.49. The normalized spacial score (nSPS) is 13.3. The molecule has 0 saturated heterocycles. The van der Waals surface area contributed by atoms with Gasteiger partial charge in [-0.2, -0.15) is 0 Å². The molecule has 0 aliphatic rings. The molecular weight excluding hydrogens is 527 g/mol. The van der Waals surface area contributed by atoms with E-state index in [1.165, 1.54) is 20.4 Å². The Morgan fingerprint density at radius 1 is 0.593 bits per heavy atom. The van der Waals surface area contributed by atoms with Crippen molar-refractivity contribution in [3.8, 4) is 0 Å². The Hall–Kier alpha value is 1.69. The molecule has 0 aromatic rings. The summed E-state index contributed by atoms with van der Waals surface area (Å²) >= 11 is -2.21. The molecule has 0 N–H and O–H groups in total. The fourth-order valence-corrected chi connectivity index (χ4v) is 32.1. The molecule has 0 rings (SSSR count). The van der Waals surface area contributed by atoms with Gasteiger partial charge in [0.1, 0.15) is 0 Å². The fourth-order valence-electron chi connectivity index (χ4n) is 2.91. The number of rotatable bonds is 18. The summed E-state index contributed by atoms with van der Waals surface area (Å²) in [6.07, 6.45) is 2.16. The summed E-state index contributed by atoms with van der Waals surface area (Å²) in [5.41, 5.74) is 0. The van der Waals surface area contributed by atoms with Crippen molar-refractivity contribution in [1.82, 2.24) is 0 Å². The summed E-state index contributed by atoms with van der Waals surface area (Å²) in [5.74, 6) is 2.34. The molecule has 0 bridgehead atoms. The zero-order valence-electron chi connectivity index (χ0n) is 18.4. The van der Waals surface area contributed by atoms with Gasteiger partial charge in [-0.25, -0.2) is 0 Å². The molecule has 0 aliphatic carbocycles. The Bertz CT molecular complexity index is 326. The van der Waals surface area contributed by atoms with E-state index < -0.39 is 33.2 Å². The molecule has 0 aromatic carbocycles. The summed E-state index contributed by atoms with van der Waals surface area (Å²) in [5, 5.41) is 0. The van der Waals surface area contributed by atoms with Crippen molar-refractivity contribution in [1.29, 1.82) is 0 Å². The van der Waals surface area contributed by atoms with Crippen molar-refractivity contribution >= 4 is 51.1 Å². The van der Waals surface area contributed by atoms with Gasteiger partial charge in [-0.05, 0) is 0 Å². The zero-order chi connectivity index (χ0) is 20.8. The second kappa shape index (κ2) is 15.5. The summed E-state index contributed by atoms with van der Waals surface area (Å²) in [6.45, 7) is 4.74. The second-order valence-electron chi connectivity index (χ2n) is 6.11. The van der Waals surface area contributed by atoms with Crippen LogP contribution in [0.3, 0.4) is 0 Å².